The van der Waals surface area contributed by atoms with Gasteiger partial charge in [0.1, 0.15) is 0 Å². The lowest BCUT2D eigenvalue weighted by Gasteiger charge is -2.35. The molecule has 1 aliphatic carbocycles. The van der Waals surface area contributed by atoms with E-state index >= 15 is 0 Å². The van der Waals surface area contributed by atoms with Crippen LogP contribution in [0.3, 0.4) is 0 Å². The van der Waals surface area contributed by atoms with Gasteiger partial charge in [0.2, 0.25) is 0 Å². The first kappa shape index (κ1) is 13.3. The number of nitrogens with one attached hydrogen (secondary N) is 2. The molecule has 2 N–H and O–H groups in total. The second-order valence-electron chi connectivity index (χ2n) is 5.90. The van der Waals surface area contributed by atoms with E-state index in [4.69, 9.17) is 12.2 Å². The number of hydrogen-bond acceptors (Lipinski definition) is 1. The van der Waals surface area contributed by atoms with E-state index in [1.54, 1.807) is 0 Å². The minimum absolute atomic E-state index is 0.507. The zero-order valence-corrected chi connectivity index (χ0v) is 12.0. The van der Waals surface area contributed by atoms with E-state index in [2.05, 4.69) is 24.5 Å². The number of anilines is 1. The summed E-state index contributed by atoms with van der Waals surface area (Å²) in [6.45, 7) is 4.70. The van der Waals surface area contributed by atoms with E-state index in [0.717, 1.165) is 10.8 Å². The molecule has 0 amide bonds. The zero-order chi connectivity index (χ0) is 13.0. The number of para-hydroxylation sites is 1. The molecule has 0 heterocycles. The molecule has 2 rings (SSSR count). The SMILES string of the molecule is CC1(C)CCC(NC(=S)Nc2ccccc2)CC1. The Morgan fingerprint density at radius 3 is 2.39 bits per heavy atom. The van der Waals surface area contributed by atoms with E-state index in [1.807, 2.05) is 30.3 Å². The summed E-state index contributed by atoms with van der Waals surface area (Å²) < 4.78 is 0. The predicted molar refractivity (Wildman–Crippen MR) is 81.8 cm³/mol. The Morgan fingerprint density at radius 1 is 1.17 bits per heavy atom. The molecule has 0 radical (unpaired) electrons. The van der Waals surface area contributed by atoms with E-state index in [9.17, 15) is 0 Å². The van der Waals surface area contributed by atoms with Crippen molar-refractivity contribution in [2.45, 2.75) is 45.6 Å². The van der Waals surface area contributed by atoms with Crippen molar-refractivity contribution >= 4 is 23.0 Å². The van der Waals surface area contributed by atoms with E-state index in [0.29, 0.717) is 11.5 Å². The van der Waals surface area contributed by atoms with Gasteiger partial charge in [-0.3, -0.25) is 0 Å². The standard InChI is InChI=1S/C15H22N2S/c1-15(2)10-8-13(9-11-15)17-14(18)16-12-6-4-3-5-7-12/h3-7,13H,8-11H2,1-2H3,(H2,16,17,18). The van der Waals surface area contributed by atoms with Crippen LogP contribution in [-0.2, 0) is 0 Å². The van der Waals surface area contributed by atoms with Crippen molar-refractivity contribution in [3.8, 4) is 0 Å². The van der Waals surface area contributed by atoms with Crippen LogP contribution >= 0.6 is 12.2 Å². The monoisotopic (exact) mass is 262 g/mol. The van der Waals surface area contributed by atoms with Gasteiger partial charge in [-0.2, -0.15) is 0 Å². The zero-order valence-electron chi connectivity index (χ0n) is 11.2. The second-order valence-corrected chi connectivity index (χ2v) is 6.31. The summed E-state index contributed by atoms with van der Waals surface area (Å²) in [6, 6.07) is 10.6. The fourth-order valence-corrected chi connectivity index (χ4v) is 2.70. The molecule has 1 saturated carbocycles. The van der Waals surface area contributed by atoms with Crippen molar-refractivity contribution in [1.29, 1.82) is 0 Å². The maximum Gasteiger partial charge on any atom is 0.170 e. The minimum atomic E-state index is 0.507. The predicted octanol–water partition coefficient (Wildman–Crippen LogP) is 3.94. The largest absolute Gasteiger partial charge is 0.360 e. The molecular weight excluding hydrogens is 240 g/mol. The fourth-order valence-electron chi connectivity index (χ4n) is 2.42. The molecule has 98 valence electrons. The molecule has 18 heavy (non-hydrogen) atoms. The summed E-state index contributed by atoms with van der Waals surface area (Å²) in [5.74, 6) is 0. The highest BCUT2D eigenvalue weighted by Crippen LogP contribution is 2.34. The van der Waals surface area contributed by atoms with Crippen LogP contribution in [0.2, 0.25) is 0 Å². The van der Waals surface area contributed by atoms with Gasteiger partial charge in [0.05, 0.1) is 0 Å². The molecule has 1 aliphatic rings. The summed E-state index contributed by atoms with van der Waals surface area (Å²) in [6.07, 6.45) is 4.98. The van der Waals surface area contributed by atoms with Gasteiger partial charge in [0, 0.05) is 11.7 Å². The van der Waals surface area contributed by atoms with Gasteiger partial charge < -0.3 is 10.6 Å². The molecule has 0 aliphatic heterocycles. The molecule has 1 fully saturated rings. The second kappa shape index (κ2) is 5.70. The summed E-state index contributed by atoms with van der Waals surface area (Å²) in [7, 11) is 0. The highest BCUT2D eigenvalue weighted by Gasteiger charge is 2.26. The van der Waals surface area contributed by atoms with Crippen molar-refractivity contribution in [3.63, 3.8) is 0 Å². The number of rotatable bonds is 2. The Balaban J connectivity index is 1.79. The van der Waals surface area contributed by atoms with E-state index in [1.165, 1.54) is 25.7 Å². The summed E-state index contributed by atoms with van der Waals surface area (Å²) in [4.78, 5) is 0. The average Bonchev–Trinajstić information content (AvgIpc) is 2.33. The quantitative estimate of drug-likeness (QED) is 0.789. The molecule has 0 bridgehead atoms. The van der Waals surface area contributed by atoms with E-state index < -0.39 is 0 Å². The Kier molecular flexibility index (Phi) is 4.23. The first-order valence-corrected chi connectivity index (χ1v) is 7.09. The lowest BCUT2D eigenvalue weighted by atomic mass is 9.76. The molecule has 3 heteroatoms. The van der Waals surface area contributed by atoms with Gasteiger partial charge in [-0.1, -0.05) is 32.0 Å². The van der Waals surface area contributed by atoms with Gasteiger partial charge in [-0.05, 0) is 55.4 Å². The molecule has 1 aromatic rings. The van der Waals surface area contributed by atoms with Crippen LogP contribution in [0, 0.1) is 5.41 Å². The molecule has 2 nitrogen and oxygen atoms in total. The number of thiocarbonyl (C=S) groups is 1. The van der Waals surface area contributed by atoms with Crippen molar-refractivity contribution in [2.24, 2.45) is 5.41 Å². The van der Waals surface area contributed by atoms with Crippen LogP contribution in [0.15, 0.2) is 30.3 Å². The normalized spacial score (nSPS) is 19.2. The Bertz CT molecular complexity index is 390. The van der Waals surface area contributed by atoms with Crippen LogP contribution in [0.25, 0.3) is 0 Å². The van der Waals surface area contributed by atoms with Gasteiger partial charge in [0.15, 0.2) is 5.11 Å². The average molecular weight is 262 g/mol. The van der Waals surface area contributed by atoms with Crippen LogP contribution in [-0.4, -0.2) is 11.2 Å². The molecule has 1 aromatic carbocycles. The van der Waals surface area contributed by atoms with Gasteiger partial charge in [0.25, 0.3) is 0 Å². The molecule has 0 unspecified atom stereocenters. The van der Waals surface area contributed by atoms with Crippen LogP contribution in [0.4, 0.5) is 5.69 Å². The topological polar surface area (TPSA) is 24.1 Å². The van der Waals surface area contributed by atoms with Crippen molar-refractivity contribution in [3.05, 3.63) is 30.3 Å². The van der Waals surface area contributed by atoms with Crippen LogP contribution in [0.5, 0.6) is 0 Å². The first-order chi connectivity index (χ1) is 8.55. The molecule has 0 atom stereocenters. The van der Waals surface area contributed by atoms with Crippen LogP contribution < -0.4 is 10.6 Å². The lowest BCUT2D eigenvalue weighted by molar-refractivity contribution is 0.217. The minimum Gasteiger partial charge on any atom is -0.360 e. The van der Waals surface area contributed by atoms with Crippen LogP contribution in [0.1, 0.15) is 39.5 Å². The third-order valence-electron chi connectivity index (χ3n) is 3.71. The maximum absolute atomic E-state index is 5.35. The Hall–Kier alpha value is -1.09. The summed E-state index contributed by atoms with van der Waals surface area (Å²) >= 11 is 5.35. The molecular formula is C15H22N2S. The van der Waals surface area contributed by atoms with Gasteiger partial charge in [-0.25, -0.2) is 0 Å². The van der Waals surface area contributed by atoms with Crippen molar-refractivity contribution in [2.75, 3.05) is 5.32 Å². The van der Waals surface area contributed by atoms with Gasteiger partial charge >= 0.3 is 0 Å². The van der Waals surface area contributed by atoms with Crippen molar-refractivity contribution in [1.82, 2.24) is 5.32 Å². The Labute approximate surface area is 115 Å². The number of hydrogen-bond donors (Lipinski definition) is 2. The summed E-state index contributed by atoms with van der Waals surface area (Å²) in [5, 5.41) is 7.40. The molecule has 0 aromatic heterocycles. The first-order valence-electron chi connectivity index (χ1n) is 6.68. The van der Waals surface area contributed by atoms with E-state index in [-0.39, 0.29) is 0 Å². The lowest BCUT2D eigenvalue weighted by Crippen LogP contribution is -2.41. The molecule has 0 saturated heterocycles. The number of benzene rings is 1. The third kappa shape index (κ3) is 3.98. The summed E-state index contributed by atoms with van der Waals surface area (Å²) in [5.41, 5.74) is 1.55. The molecule has 0 spiro atoms. The highest BCUT2D eigenvalue weighted by molar-refractivity contribution is 7.80. The maximum atomic E-state index is 5.35. The van der Waals surface area contributed by atoms with Crippen molar-refractivity contribution < 1.29 is 0 Å². The van der Waals surface area contributed by atoms with Gasteiger partial charge in [-0.15, -0.1) is 0 Å². The smallest absolute Gasteiger partial charge is 0.170 e. The Morgan fingerprint density at radius 2 is 1.78 bits per heavy atom. The highest BCUT2D eigenvalue weighted by atomic mass is 32.1. The fraction of sp³-hybridized carbons (Fsp3) is 0.533. The third-order valence-corrected chi connectivity index (χ3v) is 3.93.